The summed E-state index contributed by atoms with van der Waals surface area (Å²) in [5.41, 5.74) is 4.66. The Morgan fingerprint density at radius 2 is 2.18 bits per heavy atom. The van der Waals surface area contributed by atoms with Crippen molar-refractivity contribution in [1.82, 2.24) is 0 Å². The van der Waals surface area contributed by atoms with Crippen LogP contribution in [0.4, 0.5) is 0 Å². The summed E-state index contributed by atoms with van der Waals surface area (Å²) in [4.78, 5) is 18.9. The fourth-order valence-electron chi connectivity index (χ4n) is 0.189. The maximum absolute atomic E-state index is 9.87. The third-order valence-electron chi connectivity index (χ3n) is 0.493. The minimum atomic E-state index is -0.353. The standard InChI is InChI=1S/C4H8O3.C2H5NO/c1-4(6)7-3-2-5;3-1-2-4/h5H,2-3H2,1H3;2H,1,3H2. The second kappa shape index (κ2) is 11.8. The minimum Gasteiger partial charge on any atom is -0.463 e. The van der Waals surface area contributed by atoms with Crippen molar-refractivity contribution < 1.29 is 19.4 Å². The van der Waals surface area contributed by atoms with Crippen molar-refractivity contribution in [2.75, 3.05) is 19.8 Å². The van der Waals surface area contributed by atoms with Crippen molar-refractivity contribution in [2.45, 2.75) is 6.92 Å². The first kappa shape index (κ1) is 12.7. The first-order valence-electron chi connectivity index (χ1n) is 3.07. The van der Waals surface area contributed by atoms with Crippen LogP contribution >= 0.6 is 0 Å². The van der Waals surface area contributed by atoms with Gasteiger partial charge in [-0.2, -0.15) is 0 Å². The van der Waals surface area contributed by atoms with Gasteiger partial charge in [-0.3, -0.25) is 4.79 Å². The summed E-state index contributed by atoms with van der Waals surface area (Å²) >= 11 is 0. The monoisotopic (exact) mass is 163 g/mol. The second-order valence-electron chi connectivity index (χ2n) is 1.47. The number of rotatable bonds is 3. The van der Waals surface area contributed by atoms with Crippen LogP contribution in [0.2, 0.25) is 0 Å². The molecule has 0 unspecified atom stereocenters. The molecule has 0 rings (SSSR count). The number of ether oxygens (including phenoxy) is 1. The number of aliphatic hydroxyl groups excluding tert-OH is 1. The van der Waals surface area contributed by atoms with Crippen molar-refractivity contribution in [3.63, 3.8) is 0 Å². The third-order valence-corrected chi connectivity index (χ3v) is 0.493. The largest absolute Gasteiger partial charge is 0.463 e. The number of aliphatic hydroxyl groups is 1. The summed E-state index contributed by atoms with van der Waals surface area (Å²) in [6.45, 7) is 1.45. The van der Waals surface area contributed by atoms with Gasteiger partial charge in [0.2, 0.25) is 0 Å². The summed E-state index contributed by atoms with van der Waals surface area (Å²) in [7, 11) is 0. The predicted molar refractivity (Wildman–Crippen MR) is 38.8 cm³/mol. The van der Waals surface area contributed by atoms with Crippen molar-refractivity contribution in [3.05, 3.63) is 0 Å². The highest BCUT2D eigenvalue weighted by Crippen LogP contribution is 1.71. The predicted octanol–water partition coefficient (Wildman–Crippen LogP) is -1.31. The normalized spacial score (nSPS) is 7.55. The molecule has 66 valence electrons. The molecule has 0 spiro atoms. The molecule has 0 aromatic rings. The van der Waals surface area contributed by atoms with Crippen molar-refractivity contribution in [2.24, 2.45) is 5.73 Å². The number of esters is 1. The number of carbonyl (C=O) groups is 2. The van der Waals surface area contributed by atoms with E-state index in [0.29, 0.717) is 6.29 Å². The van der Waals surface area contributed by atoms with Crippen molar-refractivity contribution in [3.8, 4) is 0 Å². The average molecular weight is 163 g/mol. The highest BCUT2D eigenvalue weighted by atomic mass is 16.5. The van der Waals surface area contributed by atoms with Crippen LogP contribution in [0.5, 0.6) is 0 Å². The van der Waals surface area contributed by atoms with Crippen LogP contribution in [0.3, 0.4) is 0 Å². The van der Waals surface area contributed by atoms with Gasteiger partial charge < -0.3 is 20.4 Å². The Labute approximate surface area is 65.1 Å². The van der Waals surface area contributed by atoms with E-state index in [-0.39, 0.29) is 25.7 Å². The van der Waals surface area contributed by atoms with Gasteiger partial charge in [-0.05, 0) is 0 Å². The summed E-state index contributed by atoms with van der Waals surface area (Å²) in [6.07, 6.45) is 0.653. The van der Waals surface area contributed by atoms with E-state index in [1.54, 1.807) is 0 Å². The average Bonchev–Trinajstić information content (AvgIpc) is 2.01. The minimum absolute atomic E-state index is 0.0976. The SMILES string of the molecule is CC(=O)OCCO.NCC=O. The Kier molecular flexibility index (Phi) is 13.6. The first-order chi connectivity index (χ1) is 5.18. The maximum atomic E-state index is 9.87. The molecular weight excluding hydrogens is 150 g/mol. The van der Waals surface area contributed by atoms with Crippen LogP contribution in [-0.4, -0.2) is 37.1 Å². The van der Waals surface area contributed by atoms with Crippen LogP contribution < -0.4 is 5.73 Å². The quantitative estimate of drug-likeness (QED) is 0.398. The number of nitrogens with two attached hydrogens (primary N) is 1. The van der Waals surface area contributed by atoms with Crippen LogP contribution in [-0.2, 0) is 14.3 Å². The Hall–Kier alpha value is -0.940. The van der Waals surface area contributed by atoms with E-state index >= 15 is 0 Å². The van der Waals surface area contributed by atoms with Crippen LogP contribution in [0.1, 0.15) is 6.92 Å². The zero-order valence-corrected chi connectivity index (χ0v) is 6.45. The van der Waals surface area contributed by atoms with Crippen LogP contribution in [0.25, 0.3) is 0 Å². The molecule has 0 aliphatic carbocycles. The molecule has 5 heteroatoms. The Balaban J connectivity index is 0. The van der Waals surface area contributed by atoms with Gasteiger partial charge in [0.05, 0.1) is 6.61 Å². The van der Waals surface area contributed by atoms with Gasteiger partial charge in [0, 0.05) is 13.5 Å². The molecular formula is C6H13NO4. The molecule has 0 aromatic heterocycles. The molecule has 0 aliphatic heterocycles. The molecule has 0 heterocycles. The lowest BCUT2D eigenvalue weighted by Gasteiger charge is -1.93. The van der Waals surface area contributed by atoms with E-state index < -0.39 is 0 Å². The van der Waals surface area contributed by atoms with E-state index in [9.17, 15) is 4.79 Å². The van der Waals surface area contributed by atoms with Crippen LogP contribution in [0, 0.1) is 0 Å². The highest BCUT2D eigenvalue weighted by molar-refractivity contribution is 5.65. The maximum Gasteiger partial charge on any atom is 0.302 e. The zero-order valence-electron chi connectivity index (χ0n) is 6.45. The summed E-state index contributed by atoms with van der Waals surface area (Å²) < 4.78 is 4.30. The molecule has 0 amide bonds. The smallest absolute Gasteiger partial charge is 0.302 e. The molecule has 0 atom stereocenters. The lowest BCUT2D eigenvalue weighted by molar-refractivity contribution is -0.141. The summed E-state index contributed by atoms with van der Waals surface area (Å²) in [5, 5.41) is 8.04. The van der Waals surface area contributed by atoms with Crippen molar-refractivity contribution >= 4 is 12.3 Å². The lowest BCUT2D eigenvalue weighted by Crippen LogP contribution is -2.03. The number of aldehydes is 1. The van der Waals surface area contributed by atoms with Gasteiger partial charge >= 0.3 is 5.97 Å². The van der Waals surface area contributed by atoms with E-state index in [1.165, 1.54) is 6.92 Å². The molecule has 0 saturated heterocycles. The molecule has 11 heavy (non-hydrogen) atoms. The van der Waals surface area contributed by atoms with E-state index in [0.717, 1.165) is 0 Å². The van der Waals surface area contributed by atoms with E-state index in [2.05, 4.69) is 10.5 Å². The number of hydrogen-bond acceptors (Lipinski definition) is 5. The van der Waals surface area contributed by atoms with Crippen LogP contribution in [0.15, 0.2) is 0 Å². The Morgan fingerprint density at radius 1 is 1.73 bits per heavy atom. The number of carbonyl (C=O) groups excluding carboxylic acids is 2. The molecule has 3 N–H and O–H groups in total. The van der Waals surface area contributed by atoms with Gasteiger partial charge in [-0.1, -0.05) is 0 Å². The van der Waals surface area contributed by atoms with Crippen molar-refractivity contribution in [1.29, 1.82) is 0 Å². The summed E-state index contributed by atoms with van der Waals surface area (Å²) in [5.74, 6) is -0.353. The van der Waals surface area contributed by atoms with Gasteiger partial charge in [0.25, 0.3) is 0 Å². The first-order valence-corrected chi connectivity index (χ1v) is 3.07. The molecule has 0 aliphatic rings. The van der Waals surface area contributed by atoms with E-state index in [1.807, 2.05) is 0 Å². The third kappa shape index (κ3) is 27.4. The zero-order chi connectivity index (χ0) is 9.11. The Morgan fingerprint density at radius 3 is 2.27 bits per heavy atom. The lowest BCUT2D eigenvalue weighted by atomic mass is 10.7. The summed E-state index contributed by atoms with van der Waals surface area (Å²) in [6, 6.07) is 0. The molecule has 5 nitrogen and oxygen atoms in total. The molecule has 0 aromatic carbocycles. The Bertz CT molecular complexity index is 105. The second-order valence-corrected chi connectivity index (χ2v) is 1.47. The highest BCUT2D eigenvalue weighted by Gasteiger charge is 1.86. The van der Waals surface area contributed by atoms with Gasteiger partial charge in [-0.25, -0.2) is 0 Å². The molecule has 0 fully saturated rings. The van der Waals surface area contributed by atoms with Gasteiger partial charge in [-0.15, -0.1) is 0 Å². The number of hydrogen-bond donors (Lipinski definition) is 2. The van der Waals surface area contributed by atoms with Gasteiger partial charge in [0.15, 0.2) is 0 Å². The molecule has 0 bridgehead atoms. The van der Waals surface area contributed by atoms with E-state index in [4.69, 9.17) is 9.90 Å². The fourth-order valence-corrected chi connectivity index (χ4v) is 0.189. The van der Waals surface area contributed by atoms with Gasteiger partial charge in [0.1, 0.15) is 12.9 Å². The molecule has 0 radical (unpaired) electrons. The fraction of sp³-hybridized carbons (Fsp3) is 0.667. The molecule has 0 saturated carbocycles. The topological polar surface area (TPSA) is 89.6 Å².